The van der Waals surface area contributed by atoms with E-state index in [1.165, 1.54) is 18.2 Å². The number of nitriles is 1. The van der Waals surface area contributed by atoms with Gasteiger partial charge in [0.25, 0.3) is 5.91 Å². The van der Waals surface area contributed by atoms with Crippen LogP contribution in [-0.4, -0.2) is 25.1 Å². The maximum absolute atomic E-state index is 12.3. The normalized spacial score (nSPS) is 10.8. The van der Waals surface area contributed by atoms with Crippen LogP contribution in [0.15, 0.2) is 42.0 Å². The van der Waals surface area contributed by atoms with Crippen molar-refractivity contribution in [3.8, 4) is 11.8 Å². The Morgan fingerprint density at radius 1 is 1.14 bits per heavy atom. The van der Waals surface area contributed by atoms with Gasteiger partial charge in [0.1, 0.15) is 11.6 Å². The number of nitrogens with one attached hydrogen (secondary N) is 1. The highest BCUT2D eigenvalue weighted by Gasteiger charge is 2.14. The lowest BCUT2D eigenvalue weighted by Gasteiger charge is -2.10. The summed E-state index contributed by atoms with van der Waals surface area (Å²) in [6.07, 6.45) is 1.33. The van der Waals surface area contributed by atoms with Crippen LogP contribution in [0.4, 0.5) is 5.69 Å². The Hall–Kier alpha value is -2.72. The smallest absolute Gasteiger partial charge is 0.344 e. The Morgan fingerprint density at radius 3 is 2.31 bits per heavy atom. The van der Waals surface area contributed by atoms with Crippen molar-refractivity contribution < 1.29 is 19.1 Å². The molecule has 0 fully saturated rings. The van der Waals surface area contributed by atoms with Gasteiger partial charge in [0.2, 0.25) is 0 Å². The number of rotatable bonds is 7. The first-order valence-electron chi connectivity index (χ1n) is 8.30. The first-order chi connectivity index (χ1) is 13.8. The van der Waals surface area contributed by atoms with Crippen molar-refractivity contribution in [3.63, 3.8) is 0 Å². The van der Waals surface area contributed by atoms with Crippen molar-refractivity contribution in [3.05, 3.63) is 62.6 Å². The molecule has 150 valence electrons. The van der Waals surface area contributed by atoms with E-state index in [1.54, 1.807) is 31.2 Å². The maximum Gasteiger partial charge on any atom is 0.344 e. The molecule has 0 bridgehead atoms. The largest absolute Gasteiger partial charge is 0.479 e. The highest BCUT2D eigenvalue weighted by Crippen LogP contribution is 2.35. The second-order valence-corrected chi connectivity index (χ2v) is 6.79. The van der Waals surface area contributed by atoms with Crippen LogP contribution in [-0.2, 0) is 14.3 Å². The third-order valence-electron chi connectivity index (χ3n) is 3.44. The molecule has 2 aromatic rings. The molecule has 2 aromatic carbocycles. The summed E-state index contributed by atoms with van der Waals surface area (Å²) in [5.41, 5.74) is 0.734. The topological polar surface area (TPSA) is 88.4 Å². The van der Waals surface area contributed by atoms with Crippen molar-refractivity contribution in [1.29, 1.82) is 5.26 Å². The molecule has 0 radical (unpaired) electrons. The molecule has 1 N–H and O–H groups in total. The van der Waals surface area contributed by atoms with E-state index in [9.17, 15) is 14.9 Å². The predicted molar refractivity (Wildman–Crippen MR) is 112 cm³/mol. The van der Waals surface area contributed by atoms with Crippen molar-refractivity contribution in [2.75, 3.05) is 18.5 Å². The zero-order chi connectivity index (χ0) is 21.4. The minimum Gasteiger partial charge on any atom is -0.479 e. The minimum atomic E-state index is -0.607. The fourth-order valence-electron chi connectivity index (χ4n) is 2.18. The van der Waals surface area contributed by atoms with Gasteiger partial charge in [0.15, 0.2) is 12.4 Å². The lowest BCUT2D eigenvalue weighted by Crippen LogP contribution is -2.15. The summed E-state index contributed by atoms with van der Waals surface area (Å²) in [7, 11) is 0. The molecular weight excluding hydrogens is 439 g/mol. The van der Waals surface area contributed by atoms with Gasteiger partial charge in [-0.25, -0.2) is 4.79 Å². The summed E-state index contributed by atoms with van der Waals surface area (Å²) in [5.74, 6) is -1.07. The van der Waals surface area contributed by atoms with Crippen molar-refractivity contribution >= 4 is 58.4 Å². The zero-order valence-electron chi connectivity index (χ0n) is 15.2. The number of amides is 1. The fourth-order valence-corrected chi connectivity index (χ4v) is 2.92. The monoisotopic (exact) mass is 452 g/mol. The molecule has 6 nitrogen and oxygen atoms in total. The van der Waals surface area contributed by atoms with Crippen LogP contribution >= 0.6 is 34.8 Å². The van der Waals surface area contributed by atoms with Crippen molar-refractivity contribution in [2.45, 2.75) is 6.92 Å². The minimum absolute atomic E-state index is 0.0997. The summed E-state index contributed by atoms with van der Waals surface area (Å²) >= 11 is 18.1. The van der Waals surface area contributed by atoms with E-state index < -0.39 is 11.9 Å². The van der Waals surface area contributed by atoms with E-state index in [2.05, 4.69) is 5.32 Å². The average Bonchev–Trinajstić information content (AvgIpc) is 2.67. The van der Waals surface area contributed by atoms with E-state index in [0.29, 0.717) is 16.3 Å². The molecule has 0 aliphatic carbocycles. The summed E-state index contributed by atoms with van der Waals surface area (Å²) in [5, 5.41) is 12.7. The van der Waals surface area contributed by atoms with Gasteiger partial charge in [-0.3, -0.25) is 4.79 Å². The number of benzene rings is 2. The third kappa shape index (κ3) is 6.68. The van der Waals surface area contributed by atoms with Crippen molar-refractivity contribution in [1.82, 2.24) is 0 Å². The molecule has 0 saturated carbocycles. The lowest BCUT2D eigenvalue weighted by atomic mass is 10.1. The van der Waals surface area contributed by atoms with Gasteiger partial charge >= 0.3 is 5.97 Å². The average molecular weight is 454 g/mol. The van der Waals surface area contributed by atoms with Gasteiger partial charge in [-0.1, -0.05) is 34.8 Å². The summed E-state index contributed by atoms with van der Waals surface area (Å²) in [6, 6.07) is 11.2. The van der Waals surface area contributed by atoms with Gasteiger partial charge < -0.3 is 14.8 Å². The lowest BCUT2D eigenvalue weighted by molar-refractivity contribution is -0.145. The zero-order valence-corrected chi connectivity index (χ0v) is 17.4. The number of carbonyl (C=O) groups excluding carboxylic acids is 2. The number of anilines is 1. The molecule has 1 amide bonds. The Morgan fingerprint density at radius 2 is 1.76 bits per heavy atom. The fraction of sp³-hybridized carbons (Fsp3) is 0.150. The molecule has 0 heterocycles. The SMILES string of the molecule is CCOC(=O)COc1c(Cl)cc(/C=C(/C#N)C(=O)Nc2ccc(Cl)cc2)cc1Cl. The second-order valence-electron chi connectivity index (χ2n) is 5.54. The van der Waals surface area contributed by atoms with E-state index in [0.717, 1.165) is 0 Å². The number of nitrogens with zero attached hydrogens (tertiary/aromatic N) is 1. The Kier molecular flexibility index (Phi) is 8.34. The van der Waals surface area contributed by atoms with Crippen LogP contribution in [0.2, 0.25) is 15.1 Å². The number of halogens is 3. The quantitative estimate of drug-likeness (QED) is 0.356. The van der Waals surface area contributed by atoms with Crippen LogP contribution in [0.3, 0.4) is 0 Å². The third-order valence-corrected chi connectivity index (χ3v) is 4.25. The molecule has 0 spiro atoms. The molecule has 0 aromatic heterocycles. The second kappa shape index (κ2) is 10.7. The van der Waals surface area contributed by atoms with Gasteiger partial charge in [-0.05, 0) is 55.0 Å². The number of hydrogen-bond donors (Lipinski definition) is 1. The molecular formula is C20H15Cl3N2O4. The molecule has 0 unspecified atom stereocenters. The van der Waals surface area contributed by atoms with Gasteiger partial charge in [-0.2, -0.15) is 5.26 Å². The van der Waals surface area contributed by atoms with E-state index >= 15 is 0 Å². The van der Waals surface area contributed by atoms with Crippen LogP contribution < -0.4 is 10.1 Å². The van der Waals surface area contributed by atoms with Crippen LogP contribution in [0.1, 0.15) is 12.5 Å². The predicted octanol–water partition coefficient (Wildman–Crippen LogP) is 5.13. The molecule has 2 rings (SSSR count). The number of carbonyl (C=O) groups is 2. The highest BCUT2D eigenvalue weighted by molar-refractivity contribution is 6.37. The van der Waals surface area contributed by atoms with E-state index in [4.69, 9.17) is 44.3 Å². The van der Waals surface area contributed by atoms with E-state index in [-0.39, 0.29) is 34.6 Å². The highest BCUT2D eigenvalue weighted by atomic mass is 35.5. The van der Waals surface area contributed by atoms with Crippen LogP contribution in [0.25, 0.3) is 6.08 Å². The Balaban J connectivity index is 2.18. The number of esters is 1. The van der Waals surface area contributed by atoms with Crippen molar-refractivity contribution in [2.24, 2.45) is 0 Å². The molecule has 0 atom stereocenters. The van der Waals surface area contributed by atoms with E-state index in [1.807, 2.05) is 6.07 Å². The standard InChI is InChI=1S/C20H15Cl3N2O4/c1-2-28-18(26)11-29-19-16(22)8-12(9-17(19)23)7-13(10-24)20(27)25-15-5-3-14(21)4-6-15/h3-9H,2,11H2,1H3,(H,25,27)/b13-7-. The van der Waals surface area contributed by atoms with Gasteiger partial charge in [0, 0.05) is 10.7 Å². The maximum atomic E-state index is 12.3. The van der Waals surface area contributed by atoms with Crippen LogP contribution in [0, 0.1) is 11.3 Å². The number of hydrogen-bond acceptors (Lipinski definition) is 5. The molecule has 0 saturated heterocycles. The molecule has 9 heteroatoms. The summed E-state index contributed by atoms with van der Waals surface area (Å²) in [4.78, 5) is 23.7. The number of ether oxygens (including phenoxy) is 2. The van der Waals surface area contributed by atoms with Gasteiger partial charge in [0.05, 0.1) is 16.7 Å². The Labute approximate surface area is 182 Å². The molecule has 29 heavy (non-hydrogen) atoms. The first-order valence-corrected chi connectivity index (χ1v) is 9.43. The van der Waals surface area contributed by atoms with Gasteiger partial charge in [-0.15, -0.1) is 0 Å². The Bertz CT molecular complexity index is 959. The summed E-state index contributed by atoms with van der Waals surface area (Å²) in [6.45, 7) is 1.55. The molecule has 0 aliphatic rings. The van der Waals surface area contributed by atoms with Crippen LogP contribution in [0.5, 0.6) is 5.75 Å². The first kappa shape index (κ1) is 22.6. The molecule has 0 aliphatic heterocycles. The summed E-state index contributed by atoms with van der Waals surface area (Å²) < 4.78 is 10.1.